The molecule has 0 aromatic heterocycles. The highest BCUT2D eigenvalue weighted by molar-refractivity contribution is 6.11. The summed E-state index contributed by atoms with van der Waals surface area (Å²) in [7, 11) is 0. The van der Waals surface area contributed by atoms with Gasteiger partial charge in [0.15, 0.2) is 0 Å². The van der Waals surface area contributed by atoms with E-state index in [1.807, 2.05) is 38.1 Å². The summed E-state index contributed by atoms with van der Waals surface area (Å²) in [6.45, 7) is 9.26. The number of benzene rings is 1. The Morgan fingerprint density at radius 1 is 1.19 bits per heavy atom. The van der Waals surface area contributed by atoms with Crippen LogP contribution in [-0.4, -0.2) is 36.3 Å². The van der Waals surface area contributed by atoms with E-state index in [4.69, 9.17) is 0 Å². The monoisotopic (exact) mass is 288 g/mol. The molecule has 0 unspecified atom stereocenters. The maximum absolute atomic E-state index is 12.9. The molecule has 1 heterocycles. The van der Waals surface area contributed by atoms with E-state index < -0.39 is 5.41 Å². The van der Waals surface area contributed by atoms with Gasteiger partial charge in [0.25, 0.3) is 0 Å². The molecule has 0 N–H and O–H groups in total. The van der Waals surface area contributed by atoms with Crippen LogP contribution in [0.1, 0.15) is 33.3 Å². The highest BCUT2D eigenvalue weighted by Gasteiger charge is 2.42. The highest BCUT2D eigenvalue weighted by atomic mass is 16.2. The van der Waals surface area contributed by atoms with Crippen LogP contribution >= 0.6 is 0 Å². The fraction of sp³-hybridized carbons (Fsp3) is 0.529. The van der Waals surface area contributed by atoms with Crippen LogP contribution in [-0.2, 0) is 16.0 Å². The number of carbonyl (C=O) groups is 2. The number of amides is 2. The van der Waals surface area contributed by atoms with E-state index in [0.717, 1.165) is 12.1 Å². The smallest absolute Gasteiger partial charge is 0.242 e. The first-order valence-electron chi connectivity index (χ1n) is 7.62. The highest BCUT2D eigenvalue weighted by Crippen LogP contribution is 2.32. The Morgan fingerprint density at radius 3 is 2.43 bits per heavy atom. The molecule has 0 aliphatic carbocycles. The van der Waals surface area contributed by atoms with Crippen LogP contribution in [0.15, 0.2) is 24.3 Å². The van der Waals surface area contributed by atoms with Gasteiger partial charge in [-0.2, -0.15) is 0 Å². The Balaban J connectivity index is 2.26. The summed E-state index contributed by atoms with van der Waals surface area (Å²) in [5, 5.41) is 0. The quantitative estimate of drug-likeness (QED) is 0.799. The molecule has 0 saturated carbocycles. The first kappa shape index (κ1) is 15.5. The molecule has 114 valence electrons. The Kier molecular flexibility index (Phi) is 4.35. The van der Waals surface area contributed by atoms with Crippen molar-refractivity contribution in [3.05, 3.63) is 29.8 Å². The van der Waals surface area contributed by atoms with Gasteiger partial charge in [0.2, 0.25) is 11.8 Å². The van der Waals surface area contributed by atoms with Crippen LogP contribution in [0, 0.1) is 5.41 Å². The van der Waals surface area contributed by atoms with Gasteiger partial charge in [0, 0.05) is 25.3 Å². The minimum Gasteiger partial charge on any atom is -0.342 e. The molecule has 2 amide bonds. The zero-order chi connectivity index (χ0) is 15.6. The van der Waals surface area contributed by atoms with Gasteiger partial charge in [-0.05, 0) is 45.7 Å². The molecule has 4 heteroatoms. The average Bonchev–Trinajstić information content (AvgIpc) is 2.91. The normalized spacial score (nSPS) is 14.0. The number of nitrogens with zero attached hydrogens (tertiary/aromatic N) is 2. The van der Waals surface area contributed by atoms with Crippen LogP contribution in [0.3, 0.4) is 0 Å². The van der Waals surface area contributed by atoms with Gasteiger partial charge in [0.05, 0.1) is 0 Å². The summed E-state index contributed by atoms with van der Waals surface area (Å²) < 4.78 is 0. The van der Waals surface area contributed by atoms with Crippen LogP contribution in [0.5, 0.6) is 0 Å². The Hall–Kier alpha value is -1.84. The van der Waals surface area contributed by atoms with Gasteiger partial charge in [-0.15, -0.1) is 0 Å². The SMILES string of the molecule is CCN(CC)C(=O)C(C)(C)C(=O)N1CCc2ccccc21. The average molecular weight is 288 g/mol. The predicted octanol–water partition coefficient (Wildman–Crippen LogP) is 2.47. The lowest BCUT2D eigenvalue weighted by Gasteiger charge is -2.32. The summed E-state index contributed by atoms with van der Waals surface area (Å²) in [6.07, 6.45) is 0.859. The van der Waals surface area contributed by atoms with E-state index in [1.165, 1.54) is 5.56 Å². The van der Waals surface area contributed by atoms with Gasteiger partial charge >= 0.3 is 0 Å². The Bertz CT molecular complexity index is 547. The molecular formula is C17H24N2O2. The maximum atomic E-state index is 12.9. The lowest BCUT2D eigenvalue weighted by molar-refractivity contribution is -0.147. The first-order chi connectivity index (χ1) is 9.93. The van der Waals surface area contributed by atoms with Crippen LogP contribution in [0.4, 0.5) is 5.69 Å². The number of anilines is 1. The van der Waals surface area contributed by atoms with Crippen molar-refractivity contribution >= 4 is 17.5 Å². The minimum absolute atomic E-state index is 0.0955. The standard InChI is InChI=1S/C17H24N2O2/c1-5-18(6-2)15(20)17(3,4)16(21)19-12-11-13-9-7-8-10-14(13)19/h7-10H,5-6,11-12H2,1-4H3. The summed E-state index contributed by atoms with van der Waals surface area (Å²) in [5.74, 6) is -0.203. The third-order valence-electron chi connectivity index (χ3n) is 4.25. The number of fused-ring (bicyclic) bond motifs is 1. The second-order valence-electron chi connectivity index (χ2n) is 5.94. The summed E-state index contributed by atoms with van der Waals surface area (Å²) in [4.78, 5) is 29.0. The lowest BCUT2D eigenvalue weighted by atomic mass is 9.89. The minimum atomic E-state index is -1.02. The Morgan fingerprint density at radius 2 is 1.81 bits per heavy atom. The molecule has 0 bridgehead atoms. The van der Waals surface area contributed by atoms with Gasteiger partial charge in [-0.25, -0.2) is 0 Å². The van der Waals surface area contributed by atoms with Crippen molar-refractivity contribution in [2.75, 3.05) is 24.5 Å². The zero-order valence-electron chi connectivity index (χ0n) is 13.3. The van der Waals surface area contributed by atoms with Gasteiger partial charge in [-0.1, -0.05) is 18.2 Å². The Labute approximate surface area is 126 Å². The fourth-order valence-electron chi connectivity index (χ4n) is 2.88. The molecule has 21 heavy (non-hydrogen) atoms. The molecule has 0 atom stereocenters. The van der Waals surface area contributed by atoms with E-state index >= 15 is 0 Å². The number of rotatable bonds is 4. The fourth-order valence-corrected chi connectivity index (χ4v) is 2.88. The van der Waals surface area contributed by atoms with Crippen molar-refractivity contribution in [1.29, 1.82) is 0 Å². The van der Waals surface area contributed by atoms with Crippen LogP contribution < -0.4 is 4.90 Å². The van der Waals surface area contributed by atoms with Crippen molar-refractivity contribution in [3.63, 3.8) is 0 Å². The molecular weight excluding hydrogens is 264 g/mol. The van der Waals surface area contributed by atoms with Crippen LogP contribution in [0.2, 0.25) is 0 Å². The number of hydrogen-bond donors (Lipinski definition) is 0. The maximum Gasteiger partial charge on any atom is 0.242 e. The van der Waals surface area contributed by atoms with E-state index in [-0.39, 0.29) is 11.8 Å². The summed E-state index contributed by atoms with van der Waals surface area (Å²) in [5.41, 5.74) is 1.10. The van der Waals surface area contributed by atoms with Gasteiger partial charge in [0.1, 0.15) is 5.41 Å². The molecule has 4 nitrogen and oxygen atoms in total. The van der Waals surface area contributed by atoms with Crippen LogP contribution in [0.25, 0.3) is 0 Å². The molecule has 0 spiro atoms. The second kappa shape index (κ2) is 5.88. The molecule has 0 fully saturated rings. The van der Waals surface area contributed by atoms with Crippen molar-refractivity contribution in [2.24, 2.45) is 5.41 Å². The summed E-state index contributed by atoms with van der Waals surface area (Å²) >= 11 is 0. The van der Waals surface area contributed by atoms with Crippen molar-refractivity contribution in [2.45, 2.75) is 34.1 Å². The van der Waals surface area contributed by atoms with E-state index in [0.29, 0.717) is 19.6 Å². The molecule has 0 radical (unpaired) electrons. The first-order valence-corrected chi connectivity index (χ1v) is 7.62. The third-order valence-corrected chi connectivity index (χ3v) is 4.25. The largest absolute Gasteiger partial charge is 0.342 e. The zero-order valence-corrected chi connectivity index (χ0v) is 13.3. The molecule has 1 aromatic carbocycles. The van der Waals surface area contributed by atoms with Gasteiger partial charge < -0.3 is 9.80 Å². The van der Waals surface area contributed by atoms with Crippen molar-refractivity contribution in [3.8, 4) is 0 Å². The van der Waals surface area contributed by atoms with Crippen molar-refractivity contribution < 1.29 is 9.59 Å². The molecule has 1 aliphatic heterocycles. The molecule has 1 aliphatic rings. The predicted molar refractivity (Wildman–Crippen MR) is 84.2 cm³/mol. The second-order valence-corrected chi connectivity index (χ2v) is 5.94. The van der Waals surface area contributed by atoms with Gasteiger partial charge in [-0.3, -0.25) is 9.59 Å². The topological polar surface area (TPSA) is 40.6 Å². The molecule has 2 rings (SSSR count). The lowest BCUT2D eigenvalue weighted by Crippen LogP contribution is -2.50. The third kappa shape index (κ3) is 2.67. The number of hydrogen-bond acceptors (Lipinski definition) is 2. The molecule has 1 aromatic rings. The van der Waals surface area contributed by atoms with E-state index in [2.05, 4.69) is 0 Å². The van der Waals surface area contributed by atoms with Crippen molar-refractivity contribution in [1.82, 2.24) is 4.90 Å². The van der Waals surface area contributed by atoms with E-state index in [9.17, 15) is 9.59 Å². The summed E-state index contributed by atoms with van der Waals surface area (Å²) in [6, 6.07) is 7.92. The molecule has 0 saturated heterocycles. The number of carbonyl (C=O) groups excluding carboxylic acids is 2. The van der Waals surface area contributed by atoms with E-state index in [1.54, 1.807) is 23.6 Å². The number of para-hydroxylation sites is 1.